The number of hydrogen-bond acceptors (Lipinski definition) is 6. The van der Waals surface area contributed by atoms with Crippen LogP contribution in [0.5, 0.6) is 0 Å². The van der Waals surface area contributed by atoms with E-state index in [1.54, 1.807) is 6.20 Å². The highest BCUT2D eigenvalue weighted by molar-refractivity contribution is 7.91. The topological polar surface area (TPSA) is 92.3 Å². The van der Waals surface area contributed by atoms with Crippen molar-refractivity contribution in [3.8, 4) is 0 Å². The molecule has 0 spiro atoms. The van der Waals surface area contributed by atoms with Crippen LogP contribution in [-0.4, -0.2) is 54.4 Å². The van der Waals surface area contributed by atoms with Crippen molar-refractivity contribution in [3.63, 3.8) is 0 Å². The lowest BCUT2D eigenvalue weighted by atomic mass is 9.95. The summed E-state index contributed by atoms with van der Waals surface area (Å²) >= 11 is 0. The van der Waals surface area contributed by atoms with E-state index in [1.807, 2.05) is 11.8 Å². The van der Waals surface area contributed by atoms with Crippen LogP contribution in [-0.2, 0) is 9.84 Å². The lowest BCUT2D eigenvalue weighted by molar-refractivity contribution is 0.0922. The molecule has 1 N–H and O–H groups in total. The van der Waals surface area contributed by atoms with E-state index >= 15 is 0 Å². The normalized spacial score (nSPS) is 23.3. The molecule has 1 aromatic heterocycles. The highest BCUT2D eigenvalue weighted by Crippen LogP contribution is 2.22. The molecule has 1 aromatic rings. The smallest absolute Gasteiger partial charge is 0.271 e. The van der Waals surface area contributed by atoms with Crippen LogP contribution in [0.3, 0.4) is 0 Å². The summed E-state index contributed by atoms with van der Waals surface area (Å²) in [6, 6.07) is 0.171. The maximum absolute atomic E-state index is 12.3. The Hall–Kier alpha value is -1.70. The molecule has 0 bridgehead atoms. The van der Waals surface area contributed by atoms with Crippen molar-refractivity contribution in [1.82, 2.24) is 15.3 Å². The first-order chi connectivity index (χ1) is 12.0. The molecular formula is C17H26N4O3S. The number of hydrogen-bond donors (Lipinski definition) is 1. The van der Waals surface area contributed by atoms with Gasteiger partial charge in [-0.2, -0.15) is 0 Å². The van der Waals surface area contributed by atoms with E-state index in [1.165, 1.54) is 12.6 Å². The fraction of sp³-hybridized carbons (Fsp3) is 0.706. The summed E-state index contributed by atoms with van der Waals surface area (Å²) in [4.78, 5) is 22.9. The molecule has 1 atom stereocenters. The van der Waals surface area contributed by atoms with Gasteiger partial charge in [0, 0.05) is 18.6 Å². The second kappa shape index (κ2) is 7.68. The van der Waals surface area contributed by atoms with Crippen LogP contribution in [0, 0.1) is 0 Å². The molecular weight excluding hydrogens is 340 g/mol. The standard InChI is InChI=1S/C17H26N4O3S/c1-2-21(14-8-9-25(23,24)12-14)16-11-18-15(10-19-16)17(22)20-13-6-4-3-5-7-13/h10-11,13-14H,2-9,12H2,1H3,(H,20,22). The zero-order chi connectivity index (χ0) is 17.9. The van der Waals surface area contributed by atoms with Crippen LogP contribution in [0.25, 0.3) is 0 Å². The minimum absolute atomic E-state index is 0.0637. The van der Waals surface area contributed by atoms with Gasteiger partial charge in [-0.3, -0.25) is 4.79 Å². The van der Waals surface area contributed by atoms with Gasteiger partial charge < -0.3 is 10.2 Å². The van der Waals surface area contributed by atoms with Crippen LogP contribution in [0.1, 0.15) is 55.9 Å². The minimum atomic E-state index is -2.95. The quantitative estimate of drug-likeness (QED) is 0.850. The van der Waals surface area contributed by atoms with Crippen LogP contribution < -0.4 is 10.2 Å². The van der Waals surface area contributed by atoms with E-state index in [4.69, 9.17) is 0 Å². The SMILES string of the molecule is CCN(c1cnc(C(=O)NC2CCCCC2)cn1)C1CCS(=O)(=O)C1. The number of sulfone groups is 1. The number of nitrogens with one attached hydrogen (secondary N) is 1. The molecule has 1 amide bonds. The third-order valence-corrected chi connectivity index (χ3v) is 6.85. The molecule has 138 valence electrons. The van der Waals surface area contributed by atoms with E-state index in [0.29, 0.717) is 24.5 Å². The van der Waals surface area contributed by atoms with Gasteiger partial charge in [0.25, 0.3) is 5.91 Å². The number of carbonyl (C=O) groups excluding carboxylic acids is 1. The second-order valence-corrected chi connectivity index (χ2v) is 9.14. The third-order valence-electron chi connectivity index (χ3n) is 5.10. The largest absolute Gasteiger partial charge is 0.352 e. The Balaban J connectivity index is 1.65. The van der Waals surface area contributed by atoms with Gasteiger partial charge in [0.05, 0.1) is 23.9 Å². The molecule has 8 heteroatoms. The summed E-state index contributed by atoms with van der Waals surface area (Å²) in [6.45, 7) is 2.62. The number of rotatable bonds is 5. The average molecular weight is 366 g/mol. The van der Waals surface area contributed by atoms with Crippen molar-refractivity contribution >= 4 is 21.6 Å². The monoisotopic (exact) mass is 366 g/mol. The van der Waals surface area contributed by atoms with E-state index in [0.717, 1.165) is 25.7 Å². The minimum Gasteiger partial charge on any atom is -0.352 e. The van der Waals surface area contributed by atoms with Crippen LogP contribution in [0.4, 0.5) is 5.82 Å². The summed E-state index contributed by atoms with van der Waals surface area (Å²) in [6.07, 6.45) is 9.28. The Kier molecular flexibility index (Phi) is 5.56. The molecule has 1 saturated heterocycles. The molecule has 1 saturated carbocycles. The van der Waals surface area contributed by atoms with Crippen LogP contribution in [0.2, 0.25) is 0 Å². The number of carbonyl (C=O) groups is 1. The summed E-state index contributed by atoms with van der Waals surface area (Å²) in [5.41, 5.74) is 0.310. The summed E-state index contributed by atoms with van der Waals surface area (Å²) < 4.78 is 23.4. The van der Waals surface area contributed by atoms with Gasteiger partial charge in [0.15, 0.2) is 9.84 Å². The number of amides is 1. The Morgan fingerprint density at radius 2 is 1.96 bits per heavy atom. The predicted octanol–water partition coefficient (Wildman–Crippen LogP) is 1.55. The van der Waals surface area contributed by atoms with E-state index in [9.17, 15) is 13.2 Å². The maximum Gasteiger partial charge on any atom is 0.271 e. The Bertz CT molecular complexity index is 699. The number of aromatic nitrogens is 2. The third kappa shape index (κ3) is 4.48. The number of nitrogens with zero attached hydrogens (tertiary/aromatic N) is 3. The van der Waals surface area contributed by atoms with Crippen LogP contribution >= 0.6 is 0 Å². The van der Waals surface area contributed by atoms with Crippen LogP contribution in [0.15, 0.2) is 12.4 Å². The molecule has 7 nitrogen and oxygen atoms in total. The first-order valence-electron chi connectivity index (χ1n) is 9.08. The number of anilines is 1. The van der Waals surface area contributed by atoms with Gasteiger partial charge in [-0.15, -0.1) is 0 Å². The molecule has 0 radical (unpaired) electrons. The van der Waals surface area contributed by atoms with Gasteiger partial charge in [-0.1, -0.05) is 19.3 Å². The van der Waals surface area contributed by atoms with E-state index in [2.05, 4.69) is 15.3 Å². The zero-order valence-corrected chi connectivity index (χ0v) is 15.5. The van der Waals surface area contributed by atoms with Crippen molar-refractivity contribution in [1.29, 1.82) is 0 Å². The van der Waals surface area contributed by atoms with Gasteiger partial charge in [-0.05, 0) is 26.2 Å². The molecule has 2 fully saturated rings. The zero-order valence-electron chi connectivity index (χ0n) is 14.6. The van der Waals surface area contributed by atoms with Crippen molar-refractivity contribution in [3.05, 3.63) is 18.1 Å². The summed E-state index contributed by atoms with van der Waals surface area (Å²) in [7, 11) is -2.95. The van der Waals surface area contributed by atoms with Crippen molar-refractivity contribution in [2.75, 3.05) is 23.0 Å². The average Bonchev–Trinajstić information content (AvgIpc) is 2.97. The second-order valence-electron chi connectivity index (χ2n) is 6.91. The maximum atomic E-state index is 12.3. The predicted molar refractivity (Wildman–Crippen MR) is 96.5 cm³/mol. The Labute approximate surface area is 149 Å². The van der Waals surface area contributed by atoms with Crippen molar-refractivity contribution < 1.29 is 13.2 Å². The highest BCUT2D eigenvalue weighted by atomic mass is 32.2. The molecule has 2 heterocycles. The van der Waals surface area contributed by atoms with Gasteiger partial charge in [0.2, 0.25) is 0 Å². The van der Waals surface area contributed by atoms with Gasteiger partial charge >= 0.3 is 0 Å². The molecule has 2 aliphatic rings. The Morgan fingerprint density at radius 3 is 2.52 bits per heavy atom. The highest BCUT2D eigenvalue weighted by Gasteiger charge is 2.32. The van der Waals surface area contributed by atoms with Crippen molar-refractivity contribution in [2.24, 2.45) is 0 Å². The first-order valence-corrected chi connectivity index (χ1v) is 10.9. The summed E-state index contributed by atoms with van der Waals surface area (Å²) in [5, 5.41) is 3.03. The fourth-order valence-electron chi connectivity index (χ4n) is 3.72. The summed E-state index contributed by atoms with van der Waals surface area (Å²) in [5.74, 6) is 0.826. The molecule has 1 aliphatic heterocycles. The first kappa shape index (κ1) is 18.1. The van der Waals surface area contributed by atoms with E-state index < -0.39 is 9.84 Å². The fourth-order valence-corrected chi connectivity index (χ4v) is 5.45. The molecule has 25 heavy (non-hydrogen) atoms. The lowest BCUT2D eigenvalue weighted by Crippen LogP contribution is -2.38. The van der Waals surface area contributed by atoms with Crippen molar-refractivity contribution in [2.45, 2.75) is 57.5 Å². The molecule has 0 aromatic carbocycles. The molecule has 1 unspecified atom stereocenters. The molecule has 1 aliphatic carbocycles. The Morgan fingerprint density at radius 1 is 1.20 bits per heavy atom. The molecule has 3 rings (SSSR count). The lowest BCUT2D eigenvalue weighted by Gasteiger charge is -2.27. The van der Waals surface area contributed by atoms with E-state index in [-0.39, 0.29) is 29.5 Å². The van der Waals surface area contributed by atoms with Gasteiger partial charge in [-0.25, -0.2) is 18.4 Å². The van der Waals surface area contributed by atoms with Gasteiger partial charge in [0.1, 0.15) is 11.5 Å².